The molecule has 1 aromatic carbocycles. The highest BCUT2D eigenvalue weighted by atomic mass is 16.6. The molecule has 0 N–H and O–H groups in total. The molecule has 1 saturated carbocycles. The highest BCUT2D eigenvalue weighted by molar-refractivity contribution is 5.67. The van der Waals surface area contributed by atoms with Crippen LogP contribution >= 0.6 is 0 Å². The van der Waals surface area contributed by atoms with Gasteiger partial charge in [-0.3, -0.25) is 0 Å². The zero-order valence-electron chi connectivity index (χ0n) is 17.0. The van der Waals surface area contributed by atoms with Gasteiger partial charge in [0.25, 0.3) is 0 Å². The lowest BCUT2D eigenvalue weighted by Gasteiger charge is -2.74. The van der Waals surface area contributed by atoms with E-state index in [1.54, 1.807) is 7.11 Å². The minimum atomic E-state index is -0.424. The molecule has 2 heterocycles. The lowest BCUT2D eigenvalue weighted by molar-refractivity contribution is -0.257. The summed E-state index contributed by atoms with van der Waals surface area (Å²) in [5, 5.41) is 0. The van der Waals surface area contributed by atoms with Gasteiger partial charge >= 0.3 is 0 Å². The number of methoxy groups -OCH3 is 2. The van der Waals surface area contributed by atoms with Gasteiger partial charge in [0.1, 0.15) is 11.2 Å². The summed E-state index contributed by atoms with van der Waals surface area (Å²) in [6, 6.07) is 4.88. The summed E-state index contributed by atoms with van der Waals surface area (Å²) in [6.45, 7) is 5.77. The van der Waals surface area contributed by atoms with Gasteiger partial charge in [-0.2, -0.15) is 0 Å². The van der Waals surface area contributed by atoms with Crippen molar-refractivity contribution in [1.29, 1.82) is 0 Å². The van der Waals surface area contributed by atoms with Gasteiger partial charge in [-0.15, -0.1) is 0 Å². The van der Waals surface area contributed by atoms with E-state index in [2.05, 4.69) is 50.1 Å². The Bertz CT molecular complexity index is 896. The molecule has 4 heteroatoms. The van der Waals surface area contributed by atoms with Crippen molar-refractivity contribution in [2.45, 2.75) is 55.8 Å². The normalized spacial score (nSPS) is 48.3. The van der Waals surface area contributed by atoms with Gasteiger partial charge in [-0.05, 0) is 57.3 Å². The van der Waals surface area contributed by atoms with Gasteiger partial charge in [0, 0.05) is 24.1 Å². The topological polar surface area (TPSA) is 30.9 Å². The number of hydrogen-bond donors (Lipinski definition) is 0. The van der Waals surface area contributed by atoms with E-state index in [1.807, 2.05) is 7.11 Å². The summed E-state index contributed by atoms with van der Waals surface area (Å²) in [4.78, 5) is 2.60. The lowest BCUT2D eigenvalue weighted by Crippen LogP contribution is -2.83. The third kappa shape index (κ3) is 1.33. The van der Waals surface area contributed by atoms with Crippen LogP contribution < -0.4 is 9.47 Å². The number of ether oxygens (including phenoxy) is 3. The van der Waals surface area contributed by atoms with Crippen molar-refractivity contribution in [1.82, 2.24) is 4.90 Å². The van der Waals surface area contributed by atoms with Crippen LogP contribution in [-0.4, -0.2) is 50.0 Å². The molecule has 6 atom stereocenters. The van der Waals surface area contributed by atoms with Gasteiger partial charge in [0.2, 0.25) is 0 Å². The van der Waals surface area contributed by atoms with Gasteiger partial charge in [0.05, 0.1) is 12.5 Å². The Morgan fingerprint density at radius 2 is 2.04 bits per heavy atom. The van der Waals surface area contributed by atoms with Crippen molar-refractivity contribution in [3.05, 3.63) is 35.4 Å². The molecule has 27 heavy (non-hydrogen) atoms. The van der Waals surface area contributed by atoms with E-state index in [9.17, 15) is 0 Å². The Balaban J connectivity index is 1.78. The molecule has 0 unspecified atom stereocenters. The van der Waals surface area contributed by atoms with Crippen molar-refractivity contribution in [3.8, 4) is 11.5 Å². The van der Waals surface area contributed by atoms with Crippen LogP contribution in [0.25, 0.3) is 0 Å². The standard InChI is InChI=1S/C23H29NO3/c1-14-13-21-8-9-23(14,26-5)20(2)22(21)10-11-24(3)17(21)12-15-6-7-16(25-4)19(27-20)18(15)22/h6-9,14,17H,10-13H2,1-5H3/t14-,17-,20-,21-,22+,23-/m1/s1. The fourth-order valence-electron chi connectivity index (χ4n) is 8.26. The number of likely N-dealkylation sites (tertiary alicyclic amines) is 1. The summed E-state index contributed by atoms with van der Waals surface area (Å²) in [5.41, 5.74) is 2.08. The SMILES string of the molecule is COc1ccc2c3c1O[C@]1(C)[C@]34CCN(C)[C@H](C2)[C@]42C=C[C@@]1(OC)[C@H](C)C2. The van der Waals surface area contributed by atoms with Crippen molar-refractivity contribution < 1.29 is 14.2 Å². The molecule has 4 nitrogen and oxygen atoms in total. The van der Waals surface area contributed by atoms with Gasteiger partial charge in [-0.1, -0.05) is 25.1 Å². The number of piperidine rings is 1. The second-order valence-electron chi connectivity index (χ2n) is 9.60. The van der Waals surface area contributed by atoms with E-state index >= 15 is 0 Å². The Morgan fingerprint density at radius 3 is 2.74 bits per heavy atom. The molecule has 7 rings (SSSR count). The van der Waals surface area contributed by atoms with Crippen LogP contribution in [0.3, 0.4) is 0 Å². The minimum absolute atomic E-state index is 0.0497. The number of fused-ring (bicyclic) bond motifs is 1. The quantitative estimate of drug-likeness (QED) is 0.751. The van der Waals surface area contributed by atoms with E-state index in [0.717, 1.165) is 37.3 Å². The van der Waals surface area contributed by atoms with E-state index in [4.69, 9.17) is 14.2 Å². The van der Waals surface area contributed by atoms with Gasteiger partial charge < -0.3 is 19.1 Å². The van der Waals surface area contributed by atoms with Crippen molar-refractivity contribution >= 4 is 0 Å². The van der Waals surface area contributed by atoms with Gasteiger partial charge in [-0.25, -0.2) is 0 Å². The smallest absolute Gasteiger partial charge is 0.166 e. The fraction of sp³-hybridized carbons (Fsp3) is 0.652. The molecule has 2 spiro atoms. The maximum absolute atomic E-state index is 7.00. The molecule has 144 valence electrons. The van der Waals surface area contributed by atoms with Crippen molar-refractivity contribution in [2.75, 3.05) is 27.8 Å². The molecular weight excluding hydrogens is 338 g/mol. The van der Waals surface area contributed by atoms with Crippen LogP contribution in [0.5, 0.6) is 11.5 Å². The van der Waals surface area contributed by atoms with Crippen LogP contribution in [-0.2, 0) is 16.6 Å². The Labute approximate surface area is 161 Å². The second-order valence-corrected chi connectivity index (χ2v) is 9.60. The third-order valence-electron chi connectivity index (χ3n) is 9.24. The zero-order chi connectivity index (χ0) is 18.8. The Hall–Kier alpha value is -1.52. The molecule has 1 saturated heterocycles. The van der Waals surface area contributed by atoms with E-state index < -0.39 is 11.2 Å². The predicted octanol–water partition coefficient (Wildman–Crippen LogP) is 3.33. The number of nitrogens with zero attached hydrogens (tertiary/aromatic N) is 1. The Morgan fingerprint density at radius 1 is 1.22 bits per heavy atom. The van der Waals surface area contributed by atoms with Crippen LogP contribution in [0, 0.1) is 11.3 Å². The fourth-order valence-corrected chi connectivity index (χ4v) is 8.26. The number of rotatable bonds is 2. The van der Waals surface area contributed by atoms with E-state index in [1.165, 1.54) is 11.1 Å². The molecular formula is C23H29NO3. The number of hydrogen-bond acceptors (Lipinski definition) is 4. The summed E-state index contributed by atoms with van der Waals surface area (Å²) in [6.07, 6.45) is 8.22. The number of benzene rings is 1. The summed E-state index contributed by atoms with van der Waals surface area (Å²) < 4.78 is 19.1. The van der Waals surface area contributed by atoms with Crippen LogP contribution in [0.2, 0.25) is 0 Å². The molecule has 0 aromatic heterocycles. The molecule has 4 aliphatic carbocycles. The van der Waals surface area contributed by atoms with Crippen LogP contribution in [0.1, 0.15) is 37.8 Å². The van der Waals surface area contributed by atoms with Crippen LogP contribution in [0.4, 0.5) is 0 Å². The number of likely N-dealkylation sites (N-methyl/N-ethyl adjacent to an activating group) is 1. The first-order valence-electron chi connectivity index (χ1n) is 10.3. The average Bonchev–Trinajstić information content (AvgIpc) is 2.94. The van der Waals surface area contributed by atoms with Crippen molar-refractivity contribution in [2.24, 2.45) is 11.3 Å². The van der Waals surface area contributed by atoms with E-state index in [-0.39, 0.29) is 10.8 Å². The Kier molecular flexibility index (Phi) is 2.77. The molecule has 2 aliphatic heterocycles. The summed E-state index contributed by atoms with van der Waals surface area (Å²) >= 11 is 0. The average molecular weight is 367 g/mol. The highest BCUT2D eigenvalue weighted by Crippen LogP contribution is 2.78. The molecule has 1 aromatic rings. The molecule has 4 bridgehead atoms. The second kappa shape index (κ2) is 4.55. The molecule has 0 amide bonds. The summed E-state index contributed by atoms with van der Waals surface area (Å²) in [5.74, 6) is 2.25. The molecule has 6 aliphatic rings. The maximum atomic E-state index is 7.00. The first kappa shape index (κ1) is 16.4. The zero-order valence-corrected chi connectivity index (χ0v) is 17.0. The minimum Gasteiger partial charge on any atom is -0.493 e. The monoisotopic (exact) mass is 367 g/mol. The molecule has 0 radical (unpaired) electrons. The summed E-state index contributed by atoms with van der Waals surface area (Å²) in [7, 11) is 5.92. The third-order valence-corrected chi connectivity index (χ3v) is 9.24. The molecule has 2 fully saturated rings. The maximum Gasteiger partial charge on any atom is 0.166 e. The van der Waals surface area contributed by atoms with Crippen LogP contribution in [0.15, 0.2) is 24.3 Å². The van der Waals surface area contributed by atoms with Crippen molar-refractivity contribution in [3.63, 3.8) is 0 Å². The van der Waals surface area contributed by atoms with E-state index in [0.29, 0.717) is 12.0 Å². The van der Waals surface area contributed by atoms with Gasteiger partial charge in [0.15, 0.2) is 11.5 Å². The highest BCUT2D eigenvalue weighted by Gasteiger charge is 2.83. The largest absolute Gasteiger partial charge is 0.493 e. The first-order chi connectivity index (χ1) is 12.9. The predicted molar refractivity (Wildman–Crippen MR) is 104 cm³/mol. The lowest BCUT2D eigenvalue weighted by atomic mass is 9.34. The first-order valence-corrected chi connectivity index (χ1v) is 10.3.